The zero-order valence-electron chi connectivity index (χ0n) is 26.5. The Hall–Kier alpha value is -5.32. The number of nitrogens with zero attached hydrogens (tertiary/aromatic N) is 7. The molecule has 0 saturated heterocycles. The van der Waals surface area contributed by atoms with E-state index in [1.54, 1.807) is 28.8 Å². The lowest BCUT2D eigenvalue weighted by Crippen LogP contribution is -2.22. The first-order valence-corrected chi connectivity index (χ1v) is 15.0. The minimum Gasteiger partial charge on any atom is -0.477 e. The number of imidazole rings is 1. The van der Waals surface area contributed by atoms with Gasteiger partial charge in [-0.05, 0) is 53.3 Å². The lowest BCUT2D eigenvalue weighted by Gasteiger charge is -2.16. The van der Waals surface area contributed by atoms with Crippen LogP contribution >= 0.6 is 0 Å². The third-order valence-corrected chi connectivity index (χ3v) is 7.35. The van der Waals surface area contributed by atoms with Crippen molar-refractivity contribution in [3.8, 4) is 22.5 Å². The number of hydrogen-bond donors (Lipinski definition) is 4. The summed E-state index contributed by atoms with van der Waals surface area (Å²) in [6, 6.07) is 21.8. The van der Waals surface area contributed by atoms with Gasteiger partial charge in [0.15, 0.2) is 5.69 Å². The van der Waals surface area contributed by atoms with Gasteiger partial charge >= 0.3 is 12.1 Å². The van der Waals surface area contributed by atoms with Gasteiger partial charge in [-0.2, -0.15) is 0 Å². The largest absolute Gasteiger partial charge is 0.477 e. The third-order valence-electron chi connectivity index (χ3n) is 7.35. The number of aliphatic hydroxyl groups is 1. The molecule has 2 aromatic heterocycles. The lowest BCUT2D eigenvalue weighted by atomic mass is 9.98. The highest BCUT2D eigenvalue weighted by Crippen LogP contribution is 2.31. The Labute approximate surface area is 275 Å². The number of aromatic carboxylic acids is 1. The van der Waals surface area contributed by atoms with Crippen molar-refractivity contribution in [1.29, 1.82) is 0 Å². The van der Waals surface area contributed by atoms with Crippen LogP contribution in [-0.2, 0) is 41.4 Å². The summed E-state index contributed by atoms with van der Waals surface area (Å²) in [5.41, 5.74) is 3.01. The van der Waals surface area contributed by atoms with Crippen LogP contribution in [0.4, 0.5) is 4.79 Å². The van der Waals surface area contributed by atoms with E-state index in [9.17, 15) is 19.8 Å². The molecule has 0 aliphatic heterocycles. The van der Waals surface area contributed by atoms with Crippen LogP contribution in [0.5, 0.6) is 0 Å². The molecule has 48 heavy (non-hydrogen) atoms. The standard InChI is InChI=1S/C33H35N7O8/c1-4-8-27-34-29(33(2,3)44)28(31(41)42)38(27)18-21-13-15-24(16-14-21)25-11-5-6-12-26(25)30-35-37-39(36-30)32(43)47-19-22-9-7-10-23(17-22)20-48-40(45)46/h5-7,9-17,44-46H,4,8,18-20H2,1-3H3,(H,41,42). The van der Waals surface area contributed by atoms with Crippen LogP contribution in [0.25, 0.3) is 22.5 Å². The summed E-state index contributed by atoms with van der Waals surface area (Å²) < 4.78 is 6.99. The molecule has 0 aliphatic rings. The van der Waals surface area contributed by atoms with Gasteiger partial charge in [-0.15, -0.1) is 10.2 Å². The average molecular weight is 658 g/mol. The summed E-state index contributed by atoms with van der Waals surface area (Å²) >= 11 is 0. The summed E-state index contributed by atoms with van der Waals surface area (Å²) in [6.07, 6.45) is 0.472. The zero-order chi connectivity index (χ0) is 34.4. The number of ether oxygens (including phenoxy) is 1. The van der Waals surface area contributed by atoms with Crippen molar-refractivity contribution in [2.75, 3.05) is 0 Å². The number of hydrogen-bond acceptors (Lipinski definition) is 12. The van der Waals surface area contributed by atoms with Crippen LogP contribution in [0, 0.1) is 0 Å². The maximum atomic E-state index is 12.7. The molecule has 0 radical (unpaired) electrons. The predicted octanol–water partition coefficient (Wildman–Crippen LogP) is 4.83. The van der Waals surface area contributed by atoms with E-state index in [4.69, 9.17) is 15.2 Å². The number of aromatic nitrogens is 6. The van der Waals surface area contributed by atoms with Crippen molar-refractivity contribution >= 4 is 12.1 Å². The second kappa shape index (κ2) is 14.6. The van der Waals surface area contributed by atoms with E-state index < -0.39 is 17.7 Å². The number of carbonyl (C=O) groups is 2. The number of rotatable bonds is 13. The molecule has 4 N–H and O–H groups in total. The molecule has 250 valence electrons. The molecule has 5 rings (SSSR count). The van der Waals surface area contributed by atoms with Gasteiger partial charge in [0.2, 0.25) is 5.82 Å². The highest BCUT2D eigenvalue weighted by molar-refractivity contribution is 5.87. The predicted molar refractivity (Wildman–Crippen MR) is 168 cm³/mol. The minimum atomic E-state index is -1.42. The summed E-state index contributed by atoms with van der Waals surface area (Å²) in [5.74, 6) is -0.360. The Kier molecular flexibility index (Phi) is 10.4. The molecule has 0 amide bonds. The maximum absolute atomic E-state index is 12.7. The van der Waals surface area contributed by atoms with E-state index in [2.05, 4.69) is 25.2 Å². The Morgan fingerprint density at radius 3 is 2.25 bits per heavy atom. The molecule has 0 bridgehead atoms. The molecule has 0 atom stereocenters. The topological polar surface area (TPSA) is 198 Å². The van der Waals surface area contributed by atoms with Gasteiger partial charge in [0.25, 0.3) is 0 Å². The van der Waals surface area contributed by atoms with Gasteiger partial charge in [0, 0.05) is 18.5 Å². The molecule has 0 fully saturated rings. The number of aryl methyl sites for hydroxylation is 1. The molecular weight excluding hydrogens is 622 g/mol. The molecule has 15 nitrogen and oxygen atoms in total. The fourth-order valence-electron chi connectivity index (χ4n) is 5.17. The molecule has 5 aromatic rings. The van der Waals surface area contributed by atoms with Crippen LogP contribution in [0.2, 0.25) is 0 Å². The quantitative estimate of drug-likeness (QED) is 0.126. The van der Waals surface area contributed by atoms with Crippen molar-refractivity contribution in [2.24, 2.45) is 0 Å². The summed E-state index contributed by atoms with van der Waals surface area (Å²) in [6.45, 7) is 5.08. The summed E-state index contributed by atoms with van der Waals surface area (Å²) in [4.78, 5) is 34.9. The second-order valence-electron chi connectivity index (χ2n) is 11.5. The highest BCUT2D eigenvalue weighted by Gasteiger charge is 2.31. The highest BCUT2D eigenvalue weighted by atomic mass is 17.1. The normalized spacial score (nSPS) is 11.6. The summed E-state index contributed by atoms with van der Waals surface area (Å²) in [7, 11) is 0. The smallest absolute Gasteiger partial charge is 0.454 e. The SMILES string of the molecule is CCCc1nc(C(C)(C)O)c(C(=O)O)n1Cc1ccc(-c2ccccc2-c2nnn(C(=O)OCc3cccc(CON(O)O)c3)n2)cc1. The van der Waals surface area contributed by atoms with Crippen molar-refractivity contribution in [3.05, 3.63) is 107 Å². The van der Waals surface area contributed by atoms with E-state index in [1.807, 2.05) is 55.5 Å². The van der Waals surface area contributed by atoms with E-state index in [0.717, 1.165) is 27.9 Å². The Morgan fingerprint density at radius 1 is 0.917 bits per heavy atom. The van der Waals surface area contributed by atoms with Gasteiger partial charge in [-0.3, -0.25) is 10.4 Å². The van der Waals surface area contributed by atoms with Crippen LogP contribution in [0.3, 0.4) is 0 Å². The first-order valence-electron chi connectivity index (χ1n) is 15.0. The first-order chi connectivity index (χ1) is 22.9. The van der Waals surface area contributed by atoms with Crippen molar-refractivity contribution in [3.63, 3.8) is 0 Å². The zero-order valence-corrected chi connectivity index (χ0v) is 26.5. The molecule has 0 aliphatic carbocycles. The Balaban J connectivity index is 1.32. The number of tetrazole rings is 1. The van der Waals surface area contributed by atoms with E-state index >= 15 is 0 Å². The monoisotopic (exact) mass is 657 g/mol. The molecule has 2 heterocycles. The van der Waals surface area contributed by atoms with Crippen LogP contribution in [0.15, 0.2) is 72.8 Å². The third kappa shape index (κ3) is 7.96. The number of carboxylic acids is 1. The van der Waals surface area contributed by atoms with Gasteiger partial charge < -0.3 is 19.5 Å². The number of benzene rings is 3. The minimum absolute atomic E-state index is 0.0340. The van der Waals surface area contributed by atoms with E-state index in [1.165, 1.54) is 13.8 Å². The number of carbonyl (C=O) groups excluding carboxylic acids is 1. The fraction of sp³-hybridized carbons (Fsp3) is 0.273. The molecule has 0 saturated carbocycles. The second-order valence-corrected chi connectivity index (χ2v) is 11.5. The van der Waals surface area contributed by atoms with E-state index in [0.29, 0.717) is 28.9 Å². The van der Waals surface area contributed by atoms with Gasteiger partial charge in [0.05, 0.1) is 12.0 Å². The average Bonchev–Trinajstić information content (AvgIpc) is 3.70. The Bertz CT molecular complexity index is 1890. The fourth-order valence-corrected chi connectivity index (χ4v) is 5.17. The van der Waals surface area contributed by atoms with Crippen molar-refractivity contribution < 1.29 is 39.8 Å². The van der Waals surface area contributed by atoms with Gasteiger partial charge in [-0.25, -0.2) is 19.4 Å². The van der Waals surface area contributed by atoms with Crippen molar-refractivity contribution in [1.82, 2.24) is 35.1 Å². The number of carboxylic acid groups (broad SMARTS) is 1. The van der Waals surface area contributed by atoms with Crippen LogP contribution in [0.1, 0.15) is 65.9 Å². The summed E-state index contributed by atoms with van der Waals surface area (Å²) in [5, 5.41) is 49.9. The van der Waals surface area contributed by atoms with Crippen LogP contribution < -0.4 is 0 Å². The van der Waals surface area contributed by atoms with E-state index in [-0.39, 0.29) is 42.4 Å². The molecular formula is C33H35N7O8. The molecule has 3 aromatic carbocycles. The Morgan fingerprint density at radius 2 is 1.60 bits per heavy atom. The van der Waals surface area contributed by atoms with Gasteiger partial charge in [0.1, 0.15) is 23.7 Å². The van der Waals surface area contributed by atoms with Gasteiger partial charge in [-0.1, -0.05) is 84.5 Å². The molecule has 15 heteroatoms. The molecule has 0 unspecified atom stereocenters. The maximum Gasteiger partial charge on any atom is 0.454 e. The first kappa shape index (κ1) is 34.0. The molecule has 0 spiro atoms. The van der Waals surface area contributed by atoms with Crippen LogP contribution in [-0.4, -0.2) is 67.8 Å². The lowest BCUT2D eigenvalue weighted by molar-refractivity contribution is -0.497. The van der Waals surface area contributed by atoms with Crippen molar-refractivity contribution in [2.45, 2.75) is 59.0 Å².